The molecule has 0 fully saturated rings. The molecule has 0 aliphatic heterocycles. The van der Waals surface area contributed by atoms with Gasteiger partial charge >= 0.3 is 0 Å². The Hall–Kier alpha value is -8.72. The molecule has 13 aromatic rings. The SMILES string of the molecule is c1ccc(-n2c3ccccc3c3cc(-c4ccc5c(c4)C(c4ccccc4)(c4ccccc4)c4c-5ccc5cc(-c6ccc7c(c6)c6ccccc6n7-c6ccccc6)ccc45)ccc32)cc1. The Morgan fingerprint density at radius 3 is 1.24 bits per heavy atom. The smallest absolute Gasteiger partial charge is 0.0719 e. The van der Waals surface area contributed by atoms with E-state index in [1.54, 1.807) is 0 Å². The third-order valence-electron chi connectivity index (χ3n) is 14.6. The maximum Gasteiger partial charge on any atom is 0.0719 e. The van der Waals surface area contributed by atoms with E-state index >= 15 is 0 Å². The third-order valence-corrected chi connectivity index (χ3v) is 14.6. The average Bonchev–Trinajstić information content (AvgIpc) is 4.03. The molecule has 0 saturated carbocycles. The van der Waals surface area contributed by atoms with Crippen LogP contribution in [0.5, 0.6) is 0 Å². The molecule has 2 heteroatoms. The van der Waals surface area contributed by atoms with E-state index in [0.29, 0.717) is 0 Å². The molecule has 2 aromatic heterocycles. The summed E-state index contributed by atoms with van der Waals surface area (Å²) in [7, 11) is 0. The van der Waals surface area contributed by atoms with Crippen LogP contribution < -0.4 is 0 Å². The van der Waals surface area contributed by atoms with Gasteiger partial charge in [0.25, 0.3) is 0 Å². The summed E-state index contributed by atoms with van der Waals surface area (Å²) in [5.41, 5.74) is 19.2. The van der Waals surface area contributed by atoms with E-state index < -0.39 is 5.41 Å². The van der Waals surface area contributed by atoms with Crippen LogP contribution >= 0.6 is 0 Å². The highest BCUT2D eigenvalue weighted by Crippen LogP contribution is 2.59. The Labute approximate surface area is 388 Å². The van der Waals surface area contributed by atoms with E-state index in [0.717, 1.165) is 0 Å². The van der Waals surface area contributed by atoms with Crippen molar-refractivity contribution in [3.05, 3.63) is 277 Å². The number of hydrogen-bond acceptors (Lipinski definition) is 0. The molecule has 0 atom stereocenters. The number of benzene rings is 11. The second-order valence-corrected chi connectivity index (χ2v) is 18.0. The van der Waals surface area contributed by atoms with Crippen LogP contribution in [0.1, 0.15) is 22.3 Å². The van der Waals surface area contributed by atoms with Crippen LogP contribution in [0.2, 0.25) is 0 Å². The predicted octanol–water partition coefficient (Wildman–Crippen LogP) is 16.7. The number of fused-ring (bicyclic) bond motifs is 11. The fraction of sp³-hybridized carbons (Fsp3) is 0.0154. The van der Waals surface area contributed by atoms with Gasteiger partial charge in [0.2, 0.25) is 0 Å². The zero-order valence-corrected chi connectivity index (χ0v) is 36.6. The molecule has 0 bridgehead atoms. The van der Waals surface area contributed by atoms with E-state index in [-0.39, 0.29) is 0 Å². The normalized spacial score (nSPS) is 12.9. The van der Waals surface area contributed by atoms with Gasteiger partial charge in [-0.25, -0.2) is 0 Å². The standard InChI is InChI=1S/C65H42N2/c1-5-17-48(18-6-1)65(49-19-7-2-8-20-49)59-42-46(45-33-38-63-58(41-45)55-26-14-16-28-61(55)67(63)51-23-11-4-12-24-51)30-35-53(59)56-36-31-47-39-43(29-34-52(47)64(56)65)44-32-37-62-57(40-44)54-25-13-15-27-60(54)66(62)50-21-9-3-10-22-50/h1-42H. The lowest BCUT2D eigenvalue weighted by molar-refractivity contribution is 0.776. The molecule has 1 aliphatic carbocycles. The number of nitrogens with zero attached hydrogens (tertiary/aromatic N) is 2. The van der Waals surface area contributed by atoms with E-state index in [9.17, 15) is 0 Å². The summed E-state index contributed by atoms with van der Waals surface area (Å²) in [6, 6.07) is 94.5. The highest BCUT2D eigenvalue weighted by molar-refractivity contribution is 6.12. The molecular formula is C65H42N2. The van der Waals surface area contributed by atoms with E-state index in [4.69, 9.17) is 0 Å². The fourth-order valence-electron chi connectivity index (χ4n) is 11.7. The van der Waals surface area contributed by atoms with Crippen molar-refractivity contribution in [2.45, 2.75) is 5.41 Å². The first kappa shape index (κ1) is 37.6. The first-order chi connectivity index (χ1) is 33.2. The zero-order chi connectivity index (χ0) is 44.1. The van der Waals surface area contributed by atoms with Crippen LogP contribution in [0, 0.1) is 0 Å². The van der Waals surface area contributed by atoms with Crippen LogP contribution in [0.3, 0.4) is 0 Å². The van der Waals surface area contributed by atoms with Crippen LogP contribution in [0.25, 0.3) is 99.1 Å². The number of aromatic nitrogens is 2. The maximum atomic E-state index is 2.49. The summed E-state index contributed by atoms with van der Waals surface area (Å²) in [4.78, 5) is 0. The molecule has 67 heavy (non-hydrogen) atoms. The zero-order valence-electron chi connectivity index (χ0n) is 36.6. The van der Waals surface area contributed by atoms with Crippen LogP contribution in [0.15, 0.2) is 255 Å². The first-order valence-corrected chi connectivity index (χ1v) is 23.3. The summed E-state index contributed by atoms with van der Waals surface area (Å²) < 4.78 is 4.78. The monoisotopic (exact) mass is 850 g/mol. The Morgan fingerprint density at radius 1 is 0.269 bits per heavy atom. The summed E-state index contributed by atoms with van der Waals surface area (Å²) in [6.07, 6.45) is 0. The minimum atomic E-state index is -0.574. The van der Waals surface area contributed by atoms with Crippen molar-refractivity contribution in [3.63, 3.8) is 0 Å². The Bertz CT molecular complexity index is 4030. The third kappa shape index (κ3) is 5.51. The van der Waals surface area contributed by atoms with Gasteiger partial charge in [-0.15, -0.1) is 0 Å². The van der Waals surface area contributed by atoms with Crippen LogP contribution in [0.4, 0.5) is 0 Å². The van der Waals surface area contributed by atoms with Gasteiger partial charge in [-0.1, -0.05) is 182 Å². The van der Waals surface area contributed by atoms with E-state index in [1.807, 2.05) is 0 Å². The molecule has 2 nitrogen and oxygen atoms in total. The number of rotatable bonds is 6. The second-order valence-electron chi connectivity index (χ2n) is 18.0. The Morgan fingerprint density at radius 2 is 0.687 bits per heavy atom. The predicted molar refractivity (Wildman–Crippen MR) is 281 cm³/mol. The van der Waals surface area contributed by atoms with Crippen molar-refractivity contribution in [1.82, 2.24) is 9.13 Å². The summed E-state index contributed by atoms with van der Waals surface area (Å²) in [5.74, 6) is 0. The van der Waals surface area contributed by atoms with Crippen molar-refractivity contribution in [1.29, 1.82) is 0 Å². The van der Waals surface area contributed by atoms with Gasteiger partial charge in [-0.05, 0) is 139 Å². The lowest BCUT2D eigenvalue weighted by atomic mass is 9.66. The lowest BCUT2D eigenvalue weighted by Crippen LogP contribution is -2.28. The molecule has 312 valence electrons. The van der Waals surface area contributed by atoms with Crippen LogP contribution in [-0.4, -0.2) is 9.13 Å². The minimum Gasteiger partial charge on any atom is -0.309 e. The van der Waals surface area contributed by atoms with Gasteiger partial charge in [0.1, 0.15) is 0 Å². The lowest BCUT2D eigenvalue weighted by Gasteiger charge is -2.35. The van der Waals surface area contributed by atoms with E-state index in [2.05, 4.69) is 264 Å². The Balaban J connectivity index is 0.964. The number of para-hydroxylation sites is 4. The molecule has 1 aliphatic rings. The van der Waals surface area contributed by atoms with Crippen molar-refractivity contribution in [2.24, 2.45) is 0 Å². The highest BCUT2D eigenvalue weighted by Gasteiger charge is 2.47. The molecule has 14 rings (SSSR count). The average molecular weight is 851 g/mol. The second kappa shape index (κ2) is 14.7. The first-order valence-electron chi connectivity index (χ1n) is 23.3. The molecule has 0 unspecified atom stereocenters. The largest absolute Gasteiger partial charge is 0.309 e. The van der Waals surface area contributed by atoms with Crippen molar-refractivity contribution >= 4 is 54.4 Å². The molecule has 0 N–H and O–H groups in total. The van der Waals surface area contributed by atoms with Crippen molar-refractivity contribution < 1.29 is 0 Å². The van der Waals surface area contributed by atoms with E-state index in [1.165, 1.54) is 121 Å². The van der Waals surface area contributed by atoms with Gasteiger partial charge in [0.05, 0.1) is 27.5 Å². The maximum absolute atomic E-state index is 2.49. The quantitative estimate of drug-likeness (QED) is 0.158. The van der Waals surface area contributed by atoms with Gasteiger partial charge in [0, 0.05) is 32.9 Å². The highest BCUT2D eigenvalue weighted by atomic mass is 15.0. The van der Waals surface area contributed by atoms with Crippen LogP contribution in [-0.2, 0) is 5.41 Å². The van der Waals surface area contributed by atoms with Crippen molar-refractivity contribution in [3.8, 4) is 44.8 Å². The summed E-state index contributed by atoms with van der Waals surface area (Å²) >= 11 is 0. The molecule has 0 spiro atoms. The Kier molecular flexibility index (Phi) is 8.23. The van der Waals surface area contributed by atoms with Gasteiger partial charge in [0.15, 0.2) is 0 Å². The minimum absolute atomic E-state index is 0.574. The summed E-state index contributed by atoms with van der Waals surface area (Å²) in [5, 5.41) is 7.51. The molecule has 0 radical (unpaired) electrons. The molecule has 11 aromatic carbocycles. The molecular weight excluding hydrogens is 809 g/mol. The number of hydrogen-bond donors (Lipinski definition) is 0. The molecule has 2 heterocycles. The summed E-state index contributed by atoms with van der Waals surface area (Å²) in [6.45, 7) is 0. The van der Waals surface area contributed by atoms with Gasteiger partial charge in [-0.3, -0.25) is 0 Å². The topological polar surface area (TPSA) is 9.86 Å². The molecule has 0 amide bonds. The van der Waals surface area contributed by atoms with Gasteiger partial charge < -0.3 is 9.13 Å². The van der Waals surface area contributed by atoms with Crippen molar-refractivity contribution in [2.75, 3.05) is 0 Å². The molecule has 0 saturated heterocycles. The van der Waals surface area contributed by atoms with Gasteiger partial charge in [-0.2, -0.15) is 0 Å². The fourth-order valence-corrected chi connectivity index (χ4v) is 11.7.